The molecular weight excluding hydrogens is 318 g/mol. The number of likely N-dealkylation sites (tertiary alicyclic amines) is 1. The van der Waals surface area contributed by atoms with E-state index in [0.717, 1.165) is 24.8 Å². The summed E-state index contributed by atoms with van der Waals surface area (Å²) in [5.41, 5.74) is 1.06. The number of amides is 1. The maximum atomic E-state index is 12.1. The van der Waals surface area contributed by atoms with E-state index in [4.69, 9.17) is 14.6 Å². The van der Waals surface area contributed by atoms with Gasteiger partial charge in [-0.25, -0.2) is 4.79 Å². The minimum Gasteiger partial charge on any atom is -0.501 e. The van der Waals surface area contributed by atoms with Crippen molar-refractivity contribution in [3.05, 3.63) is 48.2 Å². The first kappa shape index (κ1) is 23.0. The maximum absolute atomic E-state index is 12.1. The molecule has 0 radical (unpaired) electrons. The molecule has 1 fully saturated rings. The normalized spacial score (nSPS) is 17.3. The molecule has 2 atom stereocenters. The Labute approximate surface area is 152 Å². The monoisotopic (exact) mass is 351 g/mol. The third-order valence-corrected chi connectivity index (χ3v) is 4.12. The molecule has 5 heteroatoms. The van der Waals surface area contributed by atoms with Gasteiger partial charge in [0.05, 0.1) is 18.8 Å². The SMILES string of the molecule is C.C=C(OC)C(c1ccccc1)C1CCCCN1C(=O)OCO.CC. The minimum absolute atomic E-state index is 0. The van der Waals surface area contributed by atoms with Crippen LogP contribution in [-0.2, 0) is 9.47 Å². The van der Waals surface area contributed by atoms with Crippen LogP contribution in [0, 0.1) is 0 Å². The number of benzene rings is 1. The van der Waals surface area contributed by atoms with Crippen LogP contribution in [0.1, 0.15) is 52.0 Å². The molecule has 0 aliphatic carbocycles. The van der Waals surface area contributed by atoms with E-state index in [1.807, 2.05) is 44.2 Å². The van der Waals surface area contributed by atoms with E-state index in [1.165, 1.54) is 0 Å². The second-order valence-corrected chi connectivity index (χ2v) is 5.35. The van der Waals surface area contributed by atoms with Gasteiger partial charge in [0.1, 0.15) is 0 Å². The molecular formula is C20H33NO4. The lowest BCUT2D eigenvalue weighted by Crippen LogP contribution is -2.47. The molecule has 1 aliphatic rings. The van der Waals surface area contributed by atoms with Crippen LogP contribution in [0.4, 0.5) is 4.79 Å². The fourth-order valence-electron chi connectivity index (χ4n) is 3.08. The summed E-state index contributed by atoms with van der Waals surface area (Å²) < 4.78 is 10.2. The number of hydrogen-bond acceptors (Lipinski definition) is 4. The van der Waals surface area contributed by atoms with E-state index in [1.54, 1.807) is 12.0 Å². The van der Waals surface area contributed by atoms with E-state index < -0.39 is 12.9 Å². The third kappa shape index (κ3) is 6.09. The summed E-state index contributed by atoms with van der Waals surface area (Å²) in [6.45, 7) is 8.02. The zero-order valence-electron chi connectivity index (χ0n) is 14.9. The van der Waals surface area contributed by atoms with Crippen molar-refractivity contribution in [2.24, 2.45) is 0 Å². The van der Waals surface area contributed by atoms with Gasteiger partial charge in [0, 0.05) is 12.6 Å². The van der Waals surface area contributed by atoms with Gasteiger partial charge in [-0.2, -0.15) is 0 Å². The van der Waals surface area contributed by atoms with Gasteiger partial charge in [0.15, 0.2) is 6.79 Å². The van der Waals surface area contributed by atoms with Crippen LogP contribution < -0.4 is 0 Å². The highest BCUT2D eigenvalue weighted by Gasteiger charge is 2.36. The van der Waals surface area contributed by atoms with Crippen LogP contribution >= 0.6 is 0 Å². The molecule has 1 N–H and O–H groups in total. The number of aliphatic hydroxyl groups is 1. The van der Waals surface area contributed by atoms with Crippen molar-refractivity contribution in [2.45, 2.75) is 52.5 Å². The molecule has 1 aromatic carbocycles. The van der Waals surface area contributed by atoms with Crippen molar-refractivity contribution in [1.82, 2.24) is 4.90 Å². The van der Waals surface area contributed by atoms with Crippen LogP contribution in [0.15, 0.2) is 42.7 Å². The number of hydrogen-bond donors (Lipinski definition) is 1. The zero-order valence-corrected chi connectivity index (χ0v) is 14.9. The average Bonchev–Trinajstić information content (AvgIpc) is 2.65. The summed E-state index contributed by atoms with van der Waals surface area (Å²) in [4.78, 5) is 13.8. The van der Waals surface area contributed by atoms with Crippen LogP contribution in [0.25, 0.3) is 0 Å². The predicted molar refractivity (Wildman–Crippen MR) is 101 cm³/mol. The lowest BCUT2D eigenvalue weighted by atomic mass is 9.84. The van der Waals surface area contributed by atoms with Crippen molar-refractivity contribution < 1.29 is 19.4 Å². The summed E-state index contributed by atoms with van der Waals surface area (Å²) in [7, 11) is 1.59. The van der Waals surface area contributed by atoms with E-state index in [2.05, 4.69) is 6.58 Å². The molecule has 5 nitrogen and oxygen atoms in total. The van der Waals surface area contributed by atoms with E-state index in [0.29, 0.717) is 12.3 Å². The van der Waals surface area contributed by atoms with Gasteiger partial charge in [0.2, 0.25) is 0 Å². The molecule has 1 amide bonds. The standard InChI is InChI=1S/C17H23NO4.C2H6.CH4/c1-13(21-2)16(14-8-4-3-5-9-14)15-10-6-7-11-18(15)17(20)22-12-19;1-2;/h3-5,8-9,15-16,19H,1,6-7,10-12H2,2H3;1-2H3;1H4. The molecule has 1 aromatic rings. The Hall–Kier alpha value is -2.01. The highest BCUT2D eigenvalue weighted by molar-refractivity contribution is 5.68. The van der Waals surface area contributed by atoms with Crippen molar-refractivity contribution in [3.63, 3.8) is 0 Å². The van der Waals surface area contributed by atoms with Crippen molar-refractivity contribution >= 4 is 6.09 Å². The average molecular weight is 351 g/mol. The fourth-order valence-corrected chi connectivity index (χ4v) is 3.08. The summed E-state index contributed by atoms with van der Waals surface area (Å²) in [6, 6.07) is 9.82. The lowest BCUT2D eigenvalue weighted by Gasteiger charge is -2.40. The molecule has 0 saturated carbocycles. The fraction of sp³-hybridized carbons (Fsp3) is 0.550. The largest absolute Gasteiger partial charge is 0.501 e. The number of nitrogens with zero attached hydrogens (tertiary/aromatic N) is 1. The molecule has 0 spiro atoms. The molecule has 25 heavy (non-hydrogen) atoms. The second-order valence-electron chi connectivity index (χ2n) is 5.35. The summed E-state index contributed by atoms with van der Waals surface area (Å²) >= 11 is 0. The number of ether oxygens (including phenoxy) is 2. The van der Waals surface area contributed by atoms with E-state index in [9.17, 15) is 4.79 Å². The van der Waals surface area contributed by atoms with Gasteiger partial charge >= 0.3 is 6.09 Å². The highest BCUT2D eigenvalue weighted by Crippen LogP contribution is 2.35. The minimum atomic E-state index is -0.608. The van der Waals surface area contributed by atoms with Gasteiger partial charge in [-0.1, -0.05) is 58.2 Å². The van der Waals surface area contributed by atoms with Crippen molar-refractivity contribution in [3.8, 4) is 0 Å². The van der Waals surface area contributed by atoms with Crippen molar-refractivity contribution in [2.75, 3.05) is 20.4 Å². The maximum Gasteiger partial charge on any atom is 0.412 e. The topological polar surface area (TPSA) is 59.0 Å². The van der Waals surface area contributed by atoms with Gasteiger partial charge in [-0.05, 0) is 24.8 Å². The third-order valence-electron chi connectivity index (χ3n) is 4.12. The Bertz CT molecular complexity index is 504. The lowest BCUT2D eigenvalue weighted by molar-refractivity contribution is 0.00575. The highest BCUT2D eigenvalue weighted by atomic mass is 16.6. The molecule has 142 valence electrons. The number of methoxy groups -OCH3 is 1. The molecule has 2 rings (SSSR count). The zero-order chi connectivity index (χ0) is 17.9. The number of aliphatic hydroxyl groups excluding tert-OH is 1. The van der Waals surface area contributed by atoms with Crippen LogP contribution in [0.5, 0.6) is 0 Å². The summed E-state index contributed by atoms with van der Waals surface area (Å²) in [5.74, 6) is 0.512. The predicted octanol–water partition coefficient (Wildman–Crippen LogP) is 4.53. The van der Waals surface area contributed by atoms with Gasteiger partial charge in [-0.3, -0.25) is 0 Å². The number of piperidine rings is 1. The van der Waals surface area contributed by atoms with E-state index >= 15 is 0 Å². The molecule has 2 unspecified atom stereocenters. The van der Waals surface area contributed by atoms with Crippen LogP contribution in [0.2, 0.25) is 0 Å². The van der Waals surface area contributed by atoms with Crippen molar-refractivity contribution in [1.29, 1.82) is 0 Å². The van der Waals surface area contributed by atoms with Crippen LogP contribution in [-0.4, -0.2) is 42.6 Å². The smallest absolute Gasteiger partial charge is 0.412 e. The Morgan fingerprint density at radius 3 is 2.52 bits per heavy atom. The van der Waals surface area contributed by atoms with E-state index in [-0.39, 0.29) is 19.4 Å². The first-order chi connectivity index (χ1) is 11.7. The first-order valence-electron chi connectivity index (χ1n) is 8.51. The van der Waals surface area contributed by atoms with Gasteiger partial charge in [0.25, 0.3) is 0 Å². The van der Waals surface area contributed by atoms with Gasteiger partial charge in [-0.15, -0.1) is 0 Å². The van der Waals surface area contributed by atoms with Crippen LogP contribution in [0.3, 0.4) is 0 Å². The first-order valence-corrected chi connectivity index (χ1v) is 8.51. The van der Waals surface area contributed by atoms with Gasteiger partial charge < -0.3 is 19.5 Å². The summed E-state index contributed by atoms with van der Waals surface area (Å²) in [5, 5.41) is 8.85. The number of carbonyl (C=O) groups is 1. The number of carbonyl (C=O) groups excluding carboxylic acids is 1. The Kier molecular flexibility index (Phi) is 11.4. The summed E-state index contributed by atoms with van der Waals surface area (Å²) in [6.07, 6.45) is 2.32. The molecule has 1 aliphatic heterocycles. The molecule has 0 aromatic heterocycles. The Morgan fingerprint density at radius 2 is 1.96 bits per heavy atom. The molecule has 1 heterocycles. The molecule has 1 saturated heterocycles. The Morgan fingerprint density at radius 1 is 1.32 bits per heavy atom. The number of rotatable bonds is 5. The second kappa shape index (κ2) is 12.4. The Balaban J connectivity index is 0.00000185. The molecule has 0 bridgehead atoms. The quantitative estimate of drug-likeness (QED) is 0.625.